The number of rotatable bonds is 9. The minimum atomic E-state index is -3.97. The second kappa shape index (κ2) is 10.5. The number of benzene rings is 1. The van der Waals surface area contributed by atoms with E-state index < -0.39 is 25.1 Å². The molecule has 0 radical (unpaired) electrons. The Hall–Kier alpha value is -1.47. The Morgan fingerprint density at radius 2 is 1.76 bits per heavy atom. The van der Waals surface area contributed by atoms with Crippen LogP contribution in [-0.2, 0) is 27.9 Å². The smallest absolute Gasteiger partial charge is 0.346 e. The number of likely N-dealkylation sites (N-methyl/N-ethyl adjacent to an activating group) is 1. The van der Waals surface area contributed by atoms with Crippen molar-refractivity contribution in [3.05, 3.63) is 41.5 Å². The van der Waals surface area contributed by atoms with Gasteiger partial charge in [-0.15, -0.1) is 0 Å². The van der Waals surface area contributed by atoms with Gasteiger partial charge < -0.3 is 18.7 Å². The molecule has 29 heavy (non-hydrogen) atoms. The molecule has 160 valence electrons. The minimum absolute atomic E-state index is 0.0723. The van der Waals surface area contributed by atoms with Gasteiger partial charge in [0.05, 0.1) is 25.7 Å². The van der Waals surface area contributed by atoms with Crippen LogP contribution < -0.4 is 0 Å². The highest BCUT2D eigenvalue weighted by atomic mass is 79.9. The first-order chi connectivity index (χ1) is 13.8. The molecule has 0 N–H and O–H groups in total. The van der Waals surface area contributed by atoms with Gasteiger partial charge >= 0.3 is 13.6 Å². The van der Waals surface area contributed by atoms with Gasteiger partial charge in [0.2, 0.25) is 5.91 Å². The van der Waals surface area contributed by atoms with Crippen LogP contribution in [0.1, 0.15) is 26.3 Å². The molecule has 7 nitrogen and oxygen atoms in total. The number of esters is 1. The zero-order chi connectivity index (χ0) is 21.6. The minimum Gasteiger partial charge on any atom is -0.465 e. The number of carbonyl (C=O) groups excluding carboxylic acids is 2. The summed E-state index contributed by atoms with van der Waals surface area (Å²) in [6, 6.07) is 9.42. The van der Waals surface area contributed by atoms with E-state index in [1.54, 1.807) is 27.8 Å². The predicted molar refractivity (Wildman–Crippen MR) is 115 cm³/mol. The Morgan fingerprint density at radius 3 is 2.28 bits per heavy atom. The first-order valence-corrected chi connectivity index (χ1v) is 12.0. The number of amides is 1. The van der Waals surface area contributed by atoms with E-state index in [2.05, 4.69) is 15.9 Å². The zero-order valence-electron chi connectivity index (χ0n) is 17.1. The standard InChI is InChI=1S/C20H27BrNO6P/c1-5-26-20(24)18(29(25,27-6-2)28-7-3)16-15(13-22(4)19(16)23)17(21)14-11-9-8-10-12-14/h8-12,16,18H,5-7,13H2,1-4H3/b17-15+. The summed E-state index contributed by atoms with van der Waals surface area (Å²) >= 11 is 3.59. The monoisotopic (exact) mass is 487 g/mol. The summed E-state index contributed by atoms with van der Waals surface area (Å²) in [7, 11) is -2.33. The Kier molecular flexibility index (Phi) is 8.64. The number of nitrogens with zero attached hydrogens (tertiary/aromatic N) is 1. The van der Waals surface area contributed by atoms with Crippen LogP contribution in [-0.4, -0.2) is 55.8 Å². The molecule has 2 rings (SSSR count). The number of likely N-dealkylation sites (tertiary alicyclic amines) is 1. The fourth-order valence-electron chi connectivity index (χ4n) is 3.35. The molecule has 1 saturated heterocycles. The Labute approximate surface area is 180 Å². The van der Waals surface area contributed by atoms with E-state index in [0.29, 0.717) is 10.1 Å². The Balaban J connectivity index is 2.66. The molecule has 1 amide bonds. The molecule has 2 atom stereocenters. The lowest BCUT2D eigenvalue weighted by Crippen LogP contribution is -2.38. The maximum Gasteiger partial charge on any atom is 0.346 e. The van der Waals surface area contributed by atoms with E-state index in [0.717, 1.165) is 5.56 Å². The third-order valence-corrected chi connectivity index (χ3v) is 7.93. The van der Waals surface area contributed by atoms with Crippen LogP contribution in [0.4, 0.5) is 0 Å². The quantitative estimate of drug-likeness (QED) is 0.385. The Bertz CT molecular complexity index is 802. The van der Waals surface area contributed by atoms with Gasteiger partial charge in [0.25, 0.3) is 0 Å². The van der Waals surface area contributed by atoms with Crippen LogP contribution in [0.15, 0.2) is 35.9 Å². The lowest BCUT2D eigenvalue weighted by Gasteiger charge is -2.28. The lowest BCUT2D eigenvalue weighted by molar-refractivity contribution is -0.146. The number of hydrogen-bond acceptors (Lipinski definition) is 6. The molecule has 9 heteroatoms. The van der Waals surface area contributed by atoms with Gasteiger partial charge in [0.1, 0.15) is 0 Å². The molecule has 1 fully saturated rings. The molecule has 0 bridgehead atoms. The van der Waals surface area contributed by atoms with E-state index in [9.17, 15) is 14.2 Å². The summed E-state index contributed by atoms with van der Waals surface area (Å²) in [5.74, 6) is -2.11. The van der Waals surface area contributed by atoms with Crippen LogP contribution in [0.5, 0.6) is 0 Å². The second-order valence-corrected chi connectivity index (χ2v) is 9.39. The number of carbonyl (C=O) groups is 2. The molecular formula is C20H27BrNO6P. The van der Waals surface area contributed by atoms with Gasteiger partial charge in [-0.2, -0.15) is 0 Å². The SMILES string of the molecule is CCOC(=O)C(C1C(=O)N(C)C/C1=C(\Br)c1ccccc1)P(=O)(OCC)OCC. The number of halogens is 1. The molecule has 2 unspecified atom stereocenters. The van der Waals surface area contributed by atoms with Crippen molar-refractivity contribution in [3.63, 3.8) is 0 Å². The molecule has 0 aliphatic carbocycles. The van der Waals surface area contributed by atoms with Crippen molar-refractivity contribution in [2.24, 2.45) is 5.92 Å². The van der Waals surface area contributed by atoms with E-state index >= 15 is 0 Å². The van der Waals surface area contributed by atoms with Crippen molar-refractivity contribution < 1.29 is 27.9 Å². The van der Waals surface area contributed by atoms with Crippen molar-refractivity contribution in [2.45, 2.75) is 26.4 Å². The van der Waals surface area contributed by atoms with Crippen LogP contribution in [0.25, 0.3) is 4.48 Å². The first-order valence-electron chi connectivity index (χ1n) is 9.55. The van der Waals surface area contributed by atoms with Crippen LogP contribution in [0.3, 0.4) is 0 Å². The van der Waals surface area contributed by atoms with E-state index in [4.69, 9.17) is 13.8 Å². The molecule has 1 aliphatic rings. The summed E-state index contributed by atoms with van der Waals surface area (Å²) in [6.07, 6.45) is 0. The van der Waals surface area contributed by atoms with Crippen molar-refractivity contribution in [1.82, 2.24) is 4.90 Å². The Morgan fingerprint density at radius 1 is 1.17 bits per heavy atom. The number of ether oxygens (including phenoxy) is 1. The maximum atomic E-state index is 13.6. The molecule has 1 aliphatic heterocycles. The van der Waals surface area contributed by atoms with E-state index in [1.807, 2.05) is 30.3 Å². The highest BCUT2D eigenvalue weighted by molar-refractivity contribution is 9.15. The zero-order valence-corrected chi connectivity index (χ0v) is 19.6. The van der Waals surface area contributed by atoms with Crippen molar-refractivity contribution in [2.75, 3.05) is 33.4 Å². The van der Waals surface area contributed by atoms with Crippen LogP contribution >= 0.6 is 23.5 Å². The third-order valence-electron chi connectivity index (χ3n) is 4.54. The molecule has 1 heterocycles. The second-order valence-electron chi connectivity index (χ2n) is 6.45. The van der Waals surface area contributed by atoms with Crippen LogP contribution in [0, 0.1) is 5.92 Å². The maximum absolute atomic E-state index is 13.6. The number of hydrogen-bond donors (Lipinski definition) is 0. The third kappa shape index (κ3) is 5.18. The molecule has 1 aromatic rings. The summed E-state index contributed by atoms with van der Waals surface area (Å²) in [4.78, 5) is 27.5. The summed E-state index contributed by atoms with van der Waals surface area (Å²) < 4.78 is 30.4. The normalized spacial score (nSPS) is 20.0. The summed E-state index contributed by atoms with van der Waals surface area (Å²) in [5, 5.41) is 0. The highest BCUT2D eigenvalue weighted by Crippen LogP contribution is 2.58. The lowest BCUT2D eigenvalue weighted by atomic mass is 9.95. The molecule has 0 saturated carbocycles. The summed E-state index contributed by atoms with van der Waals surface area (Å²) in [5.41, 5.74) is 0.105. The predicted octanol–water partition coefficient (Wildman–Crippen LogP) is 4.08. The van der Waals surface area contributed by atoms with Gasteiger partial charge in [0.15, 0.2) is 5.66 Å². The van der Waals surface area contributed by atoms with Crippen molar-refractivity contribution in [3.8, 4) is 0 Å². The van der Waals surface area contributed by atoms with Gasteiger partial charge in [-0.1, -0.05) is 46.3 Å². The summed E-state index contributed by atoms with van der Waals surface area (Å²) in [6.45, 7) is 5.49. The fraction of sp³-hybridized carbons (Fsp3) is 0.500. The van der Waals surface area contributed by atoms with E-state index in [-0.39, 0.29) is 32.3 Å². The van der Waals surface area contributed by atoms with Crippen molar-refractivity contribution >= 4 is 39.9 Å². The van der Waals surface area contributed by atoms with Gasteiger partial charge in [0, 0.05) is 18.1 Å². The average Bonchev–Trinajstić information content (AvgIpc) is 2.97. The largest absolute Gasteiger partial charge is 0.465 e. The van der Waals surface area contributed by atoms with E-state index in [1.165, 1.54) is 4.90 Å². The topological polar surface area (TPSA) is 82.1 Å². The van der Waals surface area contributed by atoms with Gasteiger partial charge in [-0.25, -0.2) is 0 Å². The molecular weight excluding hydrogens is 461 g/mol. The van der Waals surface area contributed by atoms with Crippen molar-refractivity contribution in [1.29, 1.82) is 0 Å². The fourth-order valence-corrected chi connectivity index (χ4v) is 6.11. The van der Waals surface area contributed by atoms with Crippen LogP contribution in [0.2, 0.25) is 0 Å². The molecule has 0 spiro atoms. The average molecular weight is 488 g/mol. The first kappa shape index (κ1) is 23.8. The highest BCUT2D eigenvalue weighted by Gasteiger charge is 2.55. The molecule has 0 aromatic heterocycles. The van der Waals surface area contributed by atoms with Gasteiger partial charge in [-0.3, -0.25) is 14.2 Å². The van der Waals surface area contributed by atoms with Gasteiger partial charge in [-0.05, 0) is 31.9 Å². The molecule has 1 aromatic carbocycles.